The second-order valence-corrected chi connectivity index (χ2v) is 6.13. The lowest BCUT2D eigenvalue weighted by Gasteiger charge is -2.16. The molecule has 2 heterocycles. The van der Waals surface area contributed by atoms with Gasteiger partial charge in [0.05, 0.1) is 23.5 Å². The highest BCUT2D eigenvalue weighted by Gasteiger charge is 2.37. The van der Waals surface area contributed by atoms with Gasteiger partial charge in [-0.05, 0) is 43.7 Å². The number of benzene rings is 1. The van der Waals surface area contributed by atoms with Crippen LogP contribution in [0.1, 0.15) is 28.5 Å². The Morgan fingerprint density at radius 2 is 2.04 bits per heavy atom. The Bertz CT molecular complexity index is 1110. The van der Waals surface area contributed by atoms with E-state index >= 15 is 0 Å². The standard InChI is InChI=1S/C18H13F4N5O/c1-9-5-14(13-4-3-12(19)6-11(13)7-23)26-27-15(8-24-16(9)27)17(28)25-10(2)18(20,21)22/h3-6,8,10H,1-2H3,(H,25,28). The molecule has 6 nitrogen and oxygen atoms in total. The Morgan fingerprint density at radius 1 is 1.32 bits per heavy atom. The van der Waals surface area contributed by atoms with E-state index in [9.17, 15) is 27.6 Å². The molecular formula is C18H13F4N5O. The van der Waals surface area contributed by atoms with Crippen molar-refractivity contribution in [2.75, 3.05) is 0 Å². The average molecular weight is 391 g/mol. The molecule has 0 bridgehead atoms. The number of nitrogens with zero attached hydrogens (tertiary/aromatic N) is 4. The van der Waals surface area contributed by atoms with Crippen LogP contribution in [0.3, 0.4) is 0 Å². The summed E-state index contributed by atoms with van der Waals surface area (Å²) < 4.78 is 52.6. The predicted octanol–water partition coefficient (Wildman–Crippen LogP) is 3.40. The second kappa shape index (κ2) is 6.92. The fraction of sp³-hybridized carbons (Fsp3) is 0.222. The second-order valence-electron chi connectivity index (χ2n) is 6.13. The van der Waals surface area contributed by atoms with Gasteiger partial charge in [0.1, 0.15) is 11.9 Å². The van der Waals surface area contributed by atoms with Crippen LogP contribution in [0.15, 0.2) is 30.5 Å². The zero-order chi connectivity index (χ0) is 20.6. The molecule has 144 valence electrons. The maximum atomic E-state index is 13.4. The molecule has 1 N–H and O–H groups in total. The third-order valence-electron chi connectivity index (χ3n) is 4.10. The van der Waals surface area contributed by atoms with Gasteiger partial charge in [-0.2, -0.15) is 23.5 Å². The highest BCUT2D eigenvalue weighted by molar-refractivity contribution is 5.93. The summed E-state index contributed by atoms with van der Waals surface area (Å²) in [5, 5.41) is 15.3. The molecule has 0 radical (unpaired) electrons. The van der Waals surface area contributed by atoms with Crippen LogP contribution < -0.4 is 5.32 Å². The summed E-state index contributed by atoms with van der Waals surface area (Å²) in [6.07, 6.45) is -3.48. The molecule has 1 atom stereocenters. The summed E-state index contributed by atoms with van der Waals surface area (Å²) in [7, 11) is 0. The average Bonchev–Trinajstić information content (AvgIpc) is 3.05. The van der Waals surface area contributed by atoms with Gasteiger partial charge < -0.3 is 5.32 Å². The molecule has 0 aliphatic carbocycles. The number of imidazole rings is 1. The van der Waals surface area contributed by atoms with Gasteiger partial charge in [-0.1, -0.05) is 0 Å². The van der Waals surface area contributed by atoms with Crippen molar-refractivity contribution < 1.29 is 22.4 Å². The number of fused-ring (bicyclic) bond motifs is 1. The number of aryl methyl sites for hydroxylation is 1. The molecule has 0 aliphatic rings. The number of alkyl halides is 3. The summed E-state index contributed by atoms with van der Waals surface area (Å²) >= 11 is 0. The SMILES string of the molecule is Cc1cc(-c2ccc(F)cc2C#N)nn2c(C(=O)NC(C)C(F)(F)F)cnc12. The van der Waals surface area contributed by atoms with Gasteiger partial charge in [0, 0.05) is 5.56 Å². The Morgan fingerprint density at radius 3 is 2.68 bits per heavy atom. The first kappa shape index (κ1) is 19.3. The first-order chi connectivity index (χ1) is 13.1. The number of carbonyl (C=O) groups excluding carboxylic acids is 1. The lowest BCUT2D eigenvalue weighted by molar-refractivity contribution is -0.149. The van der Waals surface area contributed by atoms with E-state index in [4.69, 9.17) is 0 Å². The molecule has 3 aromatic rings. The maximum Gasteiger partial charge on any atom is 0.408 e. The molecule has 3 rings (SSSR count). The Labute approximate surface area is 156 Å². The fourth-order valence-corrected chi connectivity index (χ4v) is 2.59. The van der Waals surface area contributed by atoms with Gasteiger partial charge in [-0.15, -0.1) is 0 Å². The molecule has 1 amide bonds. The monoisotopic (exact) mass is 391 g/mol. The molecule has 0 aliphatic heterocycles. The van der Waals surface area contributed by atoms with E-state index in [0.29, 0.717) is 11.1 Å². The first-order valence-electron chi connectivity index (χ1n) is 8.05. The van der Waals surface area contributed by atoms with Crippen LogP contribution in [0.4, 0.5) is 17.6 Å². The Balaban J connectivity index is 2.10. The smallest absolute Gasteiger partial charge is 0.339 e. The number of aromatic nitrogens is 3. The minimum absolute atomic E-state index is 0.0306. The summed E-state index contributed by atoms with van der Waals surface area (Å²) in [5.74, 6) is -1.59. The molecule has 0 saturated carbocycles. The third kappa shape index (κ3) is 3.51. The lowest BCUT2D eigenvalue weighted by Crippen LogP contribution is -2.43. The van der Waals surface area contributed by atoms with E-state index in [1.807, 2.05) is 11.4 Å². The molecule has 0 fully saturated rings. The number of hydrogen-bond donors (Lipinski definition) is 1. The summed E-state index contributed by atoms with van der Waals surface area (Å²) in [6.45, 7) is 2.49. The minimum atomic E-state index is -4.60. The number of rotatable bonds is 3. The highest BCUT2D eigenvalue weighted by atomic mass is 19.4. The quantitative estimate of drug-likeness (QED) is 0.694. The number of halogens is 4. The van der Waals surface area contributed by atoms with E-state index in [0.717, 1.165) is 29.8 Å². The number of amides is 1. The maximum absolute atomic E-state index is 13.4. The number of hydrogen-bond acceptors (Lipinski definition) is 4. The highest BCUT2D eigenvalue weighted by Crippen LogP contribution is 2.25. The molecule has 0 saturated heterocycles. The van der Waals surface area contributed by atoms with Crippen molar-refractivity contribution in [3.05, 3.63) is 53.1 Å². The predicted molar refractivity (Wildman–Crippen MR) is 90.8 cm³/mol. The van der Waals surface area contributed by atoms with Crippen molar-refractivity contribution in [1.82, 2.24) is 19.9 Å². The zero-order valence-corrected chi connectivity index (χ0v) is 14.7. The fourth-order valence-electron chi connectivity index (χ4n) is 2.59. The van der Waals surface area contributed by atoms with Crippen molar-refractivity contribution in [1.29, 1.82) is 5.26 Å². The number of carbonyl (C=O) groups is 1. The van der Waals surface area contributed by atoms with Gasteiger partial charge in [0.15, 0.2) is 11.3 Å². The zero-order valence-electron chi connectivity index (χ0n) is 14.7. The van der Waals surface area contributed by atoms with Gasteiger partial charge in [0.25, 0.3) is 5.91 Å². The van der Waals surface area contributed by atoms with E-state index < -0.39 is 23.9 Å². The van der Waals surface area contributed by atoms with Gasteiger partial charge >= 0.3 is 6.18 Å². The van der Waals surface area contributed by atoms with Crippen LogP contribution in [0, 0.1) is 24.1 Å². The van der Waals surface area contributed by atoms with Crippen LogP contribution >= 0.6 is 0 Å². The van der Waals surface area contributed by atoms with Crippen molar-refractivity contribution >= 4 is 11.6 Å². The largest absolute Gasteiger partial charge is 0.408 e. The van der Waals surface area contributed by atoms with Crippen molar-refractivity contribution in [2.45, 2.75) is 26.1 Å². The third-order valence-corrected chi connectivity index (χ3v) is 4.10. The van der Waals surface area contributed by atoms with E-state index in [-0.39, 0.29) is 22.6 Å². The van der Waals surface area contributed by atoms with Gasteiger partial charge in [0.2, 0.25) is 0 Å². The van der Waals surface area contributed by atoms with Crippen LogP contribution in [-0.2, 0) is 0 Å². The van der Waals surface area contributed by atoms with Crippen molar-refractivity contribution in [3.8, 4) is 17.3 Å². The van der Waals surface area contributed by atoms with Gasteiger partial charge in [-0.25, -0.2) is 13.9 Å². The molecule has 1 unspecified atom stereocenters. The molecular weight excluding hydrogens is 378 g/mol. The van der Waals surface area contributed by atoms with Crippen LogP contribution in [0.2, 0.25) is 0 Å². The van der Waals surface area contributed by atoms with Crippen LogP contribution in [-0.4, -0.2) is 32.7 Å². The summed E-state index contributed by atoms with van der Waals surface area (Å²) in [5.41, 5.74) is 1.24. The minimum Gasteiger partial charge on any atom is -0.339 e. The number of nitrogens with one attached hydrogen (secondary N) is 1. The van der Waals surface area contributed by atoms with Crippen molar-refractivity contribution in [3.63, 3.8) is 0 Å². The van der Waals surface area contributed by atoms with E-state index in [2.05, 4.69) is 10.1 Å². The summed E-state index contributed by atoms with van der Waals surface area (Å²) in [6, 6.07) is 4.97. The Kier molecular flexibility index (Phi) is 4.77. The van der Waals surface area contributed by atoms with Gasteiger partial charge in [-0.3, -0.25) is 4.79 Å². The van der Waals surface area contributed by atoms with Crippen LogP contribution in [0.5, 0.6) is 0 Å². The van der Waals surface area contributed by atoms with E-state index in [1.165, 1.54) is 6.07 Å². The first-order valence-corrected chi connectivity index (χ1v) is 8.05. The molecule has 0 spiro atoms. The molecule has 2 aromatic heterocycles. The topological polar surface area (TPSA) is 83.1 Å². The Hall–Kier alpha value is -3.48. The normalized spacial score (nSPS) is 12.6. The molecule has 1 aromatic carbocycles. The van der Waals surface area contributed by atoms with Crippen molar-refractivity contribution in [2.24, 2.45) is 0 Å². The number of nitriles is 1. The van der Waals surface area contributed by atoms with E-state index in [1.54, 1.807) is 13.0 Å². The lowest BCUT2D eigenvalue weighted by atomic mass is 10.0. The summed E-state index contributed by atoms with van der Waals surface area (Å²) in [4.78, 5) is 16.3. The van der Waals surface area contributed by atoms with Crippen LogP contribution in [0.25, 0.3) is 16.9 Å². The molecule has 10 heteroatoms. The molecule has 28 heavy (non-hydrogen) atoms.